The van der Waals surface area contributed by atoms with Crippen LogP contribution in [0.1, 0.15) is 17.7 Å². The minimum absolute atomic E-state index is 0.0873. The highest BCUT2D eigenvalue weighted by molar-refractivity contribution is 6.32. The maximum absolute atomic E-state index is 9.62. The molecule has 0 fully saturated rings. The zero-order chi connectivity index (χ0) is 12.0. The number of halogens is 1. The molecule has 1 aliphatic rings. The summed E-state index contributed by atoms with van der Waals surface area (Å²) in [5, 5.41) is 10.9. The predicted molar refractivity (Wildman–Crippen MR) is 66.2 cm³/mol. The maximum Gasteiger partial charge on any atom is 0.136 e. The van der Waals surface area contributed by atoms with E-state index in [4.69, 9.17) is 20.8 Å². The van der Waals surface area contributed by atoms with Crippen molar-refractivity contribution in [3.63, 3.8) is 0 Å². The smallest absolute Gasteiger partial charge is 0.136 e. The Balaban J connectivity index is 2.26. The van der Waals surface area contributed by atoms with Gasteiger partial charge in [0.25, 0.3) is 0 Å². The van der Waals surface area contributed by atoms with Crippen molar-refractivity contribution in [2.75, 3.05) is 7.11 Å². The third kappa shape index (κ3) is 1.58. The summed E-state index contributed by atoms with van der Waals surface area (Å²) in [6.45, 7) is 0. The summed E-state index contributed by atoms with van der Waals surface area (Å²) in [5.41, 5.74) is 1.80. The van der Waals surface area contributed by atoms with Gasteiger partial charge in [-0.3, -0.25) is 0 Å². The highest BCUT2D eigenvalue weighted by Gasteiger charge is 2.19. The molecule has 1 aromatic heterocycles. The summed E-state index contributed by atoms with van der Waals surface area (Å²) in [7, 11) is 1.65. The Morgan fingerprint density at radius 2 is 2.18 bits per heavy atom. The Kier molecular flexibility index (Phi) is 2.30. The number of allylic oxidation sites excluding steroid dienone is 1. The summed E-state index contributed by atoms with van der Waals surface area (Å²) in [6, 6.07) is 3.30. The third-order valence-corrected chi connectivity index (χ3v) is 3.37. The number of aromatic hydroxyl groups is 1. The number of hydrogen-bond donors (Lipinski definition) is 1. The zero-order valence-electron chi connectivity index (χ0n) is 9.29. The zero-order valence-corrected chi connectivity index (χ0v) is 10.0. The van der Waals surface area contributed by atoms with Gasteiger partial charge >= 0.3 is 0 Å². The second-order valence-corrected chi connectivity index (χ2v) is 4.47. The van der Waals surface area contributed by atoms with Crippen LogP contribution in [0.15, 0.2) is 22.3 Å². The first kappa shape index (κ1) is 10.5. The predicted octanol–water partition coefficient (Wildman–Crippen LogP) is 3.73. The van der Waals surface area contributed by atoms with E-state index >= 15 is 0 Å². The van der Waals surface area contributed by atoms with Crippen LogP contribution in [0.4, 0.5) is 0 Å². The lowest BCUT2D eigenvalue weighted by atomic mass is 10.00. The number of phenolic OH excluding ortho intramolecular Hbond substituents is 1. The van der Waals surface area contributed by atoms with Crippen LogP contribution in [0, 0.1) is 0 Å². The van der Waals surface area contributed by atoms with Crippen molar-refractivity contribution in [1.82, 2.24) is 0 Å². The van der Waals surface area contributed by atoms with E-state index in [0.717, 1.165) is 35.3 Å². The summed E-state index contributed by atoms with van der Waals surface area (Å²) in [4.78, 5) is 0. The van der Waals surface area contributed by atoms with E-state index in [9.17, 15) is 5.11 Å². The van der Waals surface area contributed by atoms with Crippen LogP contribution in [-0.2, 0) is 11.2 Å². The molecular formula is C13H11ClO3. The first-order valence-corrected chi connectivity index (χ1v) is 5.75. The number of benzene rings is 1. The molecule has 1 N–H and O–H groups in total. The Morgan fingerprint density at radius 1 is 1.35 bits per heavy atom. The molecule has 0 saturated carbocycles. The van der Waals surface area contributed by atoms with Gasteiger partial charge in [0.15, 0.2) is 0 Å². The topological polar surface area (TPSA) is 42.6 Å². The monoisotopic (exact) mass is 250 g/mol. The Hall–Kier alpha value is -1.61. The summed E-state index contributed by atoms with van der Waals surface area (Å²) < 4.78 is 10.9. The third-order valence-electron chi connectivity index (χ3n) is 3.07. The van der Waals surface area contributed by atoms with Crippen LogP contribution >= 0.6 is 11.6 Å². The molecule has 4 heteroatoms. The van der Waals surface area contributed by atoms with Gasteiger partial charge in [-0.2, -0.15) is 0 Å². The average Bonchev–Trinajstić information content (AvgIpc) is 2.66. The van der Waals surface area contributed by atoms with E-state index in [0.29, 0.717) is 10.6 Å². The molecule has 2 aromatic rings. The van der Waals surface area contributed by atoms with E-state index in [-0.39, 0.29) is 5.75 Å². The number of phenols is 1. The van der Waals surface area contributed by atoms with Crippen molar-refractivity contribution in [2.24, 2.45) is 0 Å². The highest BCUT2D eigenvalue weighted by Crippen LogP contribution is 2.37. The number of ether oxygens (including phenoxy) is 1. The minimum atomic E-state index is 0.0873. The van der Waals surface area contributed by atoms with Crippen molar-refractivity contribution in [3.05, 3.63) is 34.2 Å². The quantitative estimate of drug-likeness (QED) is 0.839. The van der Waals surface area contributed by atoms with Crippen LogP contribution < -0.4 is 0 Å². The molecule has 0 bridgehead atoms. The lowest BCUT2D eigenvalue weighted by Crippen LogP contribution is -1.98. The van der Waals surface area contributed by atoms with Gasteiger partial charge in [-0.15, -0.1) is 0 Å². The van der Waals surface area contributed by atoms with Gasteiger partial charge in [-0.05, 0) is 12.5 Å². The molecule has 0 aliphatic heterocycles. The van der Waals surface area contributed by atoms with Gasteiger partial charge in [-0.25, -0.2) is 0 Å². The lowest BCUT2D eigenvalue weighted by Gasteiger charge is -2.10. The molecule has 3 nitrogen and oxygen atoms in total. The van der Waals surface area contributed by atoms with E-state index in [2.05, 4.69) is 0 Å². The second-order valence-electron chi connectivity index (χ2n) is 4.06. The number of fused-ring (bicyclic) bond motifs is 3. The largest absolute Gasteiger partial charge is 0.506 e. The van der Waals surface area contributed by atoms with Crippen LogP contribution in [0.3, 0.4) is 0 Å². The fraction of sp³-hybridized carbons (Fsp3) is 0.231. The average molecular weight is 251 g/mol. The van der Waals surface area contributed by atoms with E-state index < -0.39 is 0 Å². The molecule has 17 heavy (non-hydrogen) atoms. The van der Waals surface area contributed by atoms with E-state index in [1.807, 2.05) is 6.08 Å². The second kappa shape index (κ2) is 3.70. The van der Waals surface area contributed by atoms with Crippen molar-refractivity contribution < 1.29 is 14.3 Å². The van der Waals surface area contributed by atoms with Crippen LogP contribution in [0.25, 0.3) is 17.0 Å². The Bertz CT molecular complexity index is 625. The van der Waals surface area contributed by atoms with Crippen molar-refractivity contribution in [2.45, 2.75) is 12.8 Å². The fourth-order valence-electron chi connectivity index (χ4n) is 2.18. The Morgan fingerprint density at radius 3 is 2.94 bits per heavy atom. The first-order chi connectivity index (χ1) is 8.19. The fourth-order valence-corrected chi connectivity index (χ4v) is 2.33. The molecule has 3 rings (SSSR count). The molecule has 1 heterocycles. The first-order valence-electron chi connectivity index (χ1n) is 5.37. The SMILES string of the molecule is COC1=Cc2oc3cc(Cl)c(O)cc3c2CC1. The minimum Gasteiger partial charge on any atom is -0.506 e. The number of hydrogen-bond acceptors (Lipinski definition) is 3. The molecule has 0 unspecified atom stereocenters. The summed E-state index contributed by atoms with van der Waals surface area (Å²) in [5.74, 6) is 1.79. The van der Waals surface area contributed by atoms with Gasteiger partial charge in [-0.1, -0.05) is 11.6 Å². The molecule has 0 saturated heterocycles. The number of aryl methyl sites for hydroxylation is 1. The maximum atomic E-state index is 9.62. The molecule has 0 amide bonds. The van der Waals surface area contributed by atoms with Crippen molar-refractivity contribution >= 4 is 28.6 Å². The normalized spacial score (nSPS) is 14.6. The summed E-state index contributed by atoms with van der Waals surface area (Å²) >= 11 is 5.86. The van der Waals surface area contributed by atoms with Gasteiger partial charge in [0.1, 0.15) is 17.1 Å². The van der Waals surface area contributed by atoms with Crippen LogP contribution in [0.2, 0.25) is 5.02 Å². The van der Waals surface area contributed by atoms with Crippen molar-refractivity contribution in [3.8, 4) is 5.75 Å². The van der Waals surface area contributed by atoms with Crippen LogP contribution in [-0.4, -0.2) is 12.2 Å². The summed E-state index contributed by atoms with van der Waals surface area (Å²) in [6.07, 6.45) is 3.59. The van der Waals surface area contributed by atoms with Gasteiger partial charge in [0, 0.05) is 29.5 Å². The number of furan rings is 1. The van der Waals surface area contributed by atoms with E-state index in [1.165, 1.54) is 0 Å². The molecule has 0 atom stereocenters. The molecule has 1 aromatic carbocycles. The van der Waals surface area contributed by atoms with Gasteiger partial charge < -0.3 is 14.3 Å². The van der Waals surface area contributed by atoms with Crippen molar-refractivity contribution in [1.29, 1.82) is 0 Å². The lowest BCUT2D eigenvalue weighted by molar-refractivity contribution is 0.279. The van der Waals surface area contributed by atoms with Gasteiger partial charge in [0.2, 0.25) is 0 Å². The highest BCUT2D eigenvalue weighted by atomic mass is 35.5. The number of rotatable bonds is 1. The Labute approximate surface area is 103 Å². The van der Waals surface area contributed by atoms with Gasteiger partial charge in [0.05, 0.1) is 17.9 Å². The molecular weight excluding hydrogens is 240 g/mol. The van der Waals surface area contributed by atoms with E-state index in [1.54, 1.807) is 19.2 Å². The molecule has 1 aliphatic carbocycles. The molecule has 0 spiro atoms. The molecule has 0 radical (unpaired) electrons. The standard InChI is InChI=1S/C13H11ClO3/c1-16-7-2-3-8-9-5-11(15)10(14)6-13(9)17-12(8)4-7/h4-6,15H,2-3H2,1H3. The number of methoxy groups -OCH3 is 1. The van der Waals surface area contributed by atoms with Crippen LogP contribution in [0.5, 0.6) is 5.75 Å². The molecule has 88 valence electrons.